The molecular weight excluding hydrogens is 368 g/mol. The normalized spacial score (nSPS) is 27.2. The maximum atomic E-state index is 12.6. The van der Waals surface area contributed by atoms with E-state index in [4.69, 9.17) is 9.47 Å². The van der Waals surface area contributed by atoms with E-state index in [1.54, 1.807) is 7.11 Å². The van der Waals surface area contributed by atoms with Gasteiger partial charge in [0.05, 0.1) is 13.0 Å². The van der Waals surface area contributed by atoms with Gasteiger partial charge >= 0.3 is 12.0 Å². The molecule has 29 heavy (non-hydrogen) atoms. The summed E-state index contributed by atoms with van der Waals surface area (Å²) in [4.78, 5) is 33.2. The largest absolute Gasteiger partial charge is 0.467 e. The summed E-state index contributed by atoms with van der Waals surface area (Å²) >= 11 is 0. The van der Waals surface area contributed by atoms with Crippen LogP contribution in [0.2, 0.25) is 0 Å². The number of esters is 1. The molecule has 0 bridgehead atoms. The highest BCUT2D eigenvalue weighted by atomic mass is 16.5. The van der Waals surface area contributed by atoms with Crippen molar-refractivity contribution in [1.29, 1.82) is 0 Å². The molecule has 0 aliphatic heterocycles. The van der Waals surface area contributed by atoms with Gasteiger partial charge in [0, 0.05) is 24.7 Å². The lowest BCUT2D eigenvalue weighted by molar-refractivity contribution is -0.157. The lowest BCUT2D eigenvalue weighted by Gasteiger charge is -2.31. The summed E-state index contributed by atoms with van der Waals surface area (Å²) in [6.07, 6.45) is 13.4. The zero-order valence-corrected chi connectivity index (χ0v) is 17.8. The maximum absolute atomic E-state index is 12.6. The zero-order chi connectivity index (χ0) is 20.6. The first-order valence-corrected chi connectivity index (χ1v) is 11.2. The van der Waals surface area contributed by atoms with Crippen molar-refractivity contribution < 1.29 is 19.1 Å². The van der Waals surface area contributed by atoms with E-state index in [-0.39, 0.29) is 23.9 Å². The Morgan fingerprint density at radius 3 is 2.17 bits per heavy atom. The van der Waals surface area contributed by atoms with Crippen LogP contribution in [0.25, 0.3) is 0 Å². The molecular formula is C23H34N2O4. The van der Waals surface area contributed by atoms with Gasteiger partial charge in [-0.2, -0.15) is 0 Å². The highest BCUT2D eigenvalue weighted by molar-refractivity contribution is 5.81. The van der Waals surface area contributed by atoms with Crippen LogP contribution in [0.15, 0.2) is 12.4 Å². The van der Waals surface area contributed by atoms with Crippen molar-refractivity contribution in [2.75, 3.05) is 7.11 Å². The fraction of sp³-hybridized carbons (Fsp3) is 0.739. The summed E-state index contributed by atoms with van der Waals surface area (Å²) in [6, 6.07) is 0.387. The highest BCUT2D eigenvalue weighted by Crippen LogP contribution is 2.36. The van der Waals surface area contributed by atoms with E-state index in [1.807, 2.05) is 12.4 Å². The van der Waals surface area contributed by atoms with Gasteiger partial charge in [-0.05, 0) is 69.3 Å². The van der Waals surface area contributed by atoms with Crippen molar-refractivity contribution in [3.05, 3.63) is 18.0 Å². The fourth-order valence-electron chi connectivity index (χ4n) is 4.62. The average molecular weight is 403 g/mol. The molecule has 0 aromatic carbocycles. The molecule has 3 rings (SSSR count). The molecule has 2 aliphatic rings. The Balaban J connectivity index is 1.39. The van der Waals surface area contributed by atoms with Gasteiger partial charge in [-0.3, -0.25) is 9.59 Å². The summed E-state index contributed by atoms with van der Waals surface area (Å²) in [5, 5.41) is 0. The van der Waals surface area contributed by atoms with E-state index >= 15 is 0 Å². The first-order valence-electron chi connectivity index (χ1n) is 11.2. The van der Waals surface area contributed by atoms with Crippen LogP contribution < -0.4 is 4.74 Å². The van der Waals surface area contributed by atoms with Crippen LogP contribution in [-0.2, 0) is 14.3 Å². The Bertz CT molecular complexity index is 660. The molecule has 0 N–H and O–H groups in total. The van der Waals surface area contributed by atoms with Crippen molar-refractivity contribution in [3.63, 3.8) is 0 Å². The predicted molar refractivity (Wildman–Crippen MR) is 110 cm³/mol. The summed E-state index contributed by atoms with van der Waals surface area (Å²) in [5.41, 5.74) is 1.13. The number of nitrogens with zero attached hydrogens (tertiary/aromatic N) is 2. The Labute approximate surface area is 173 Å². The number of rotatable bonds is 8. The third-order valence-electron chi connectivity index (χ3n) is 6.55. The van der Waals surface area contributed by atoms with Crippen molar-refractivity contribution in [2.24, 2.45) is 11.8 Å². The minimum atomic E-state index is -0.0549. The Kier molecular flexibility index (Phi) is 8.01. The number of ether oxygens (including phenoxy) is 2. The zero-order valence-electron chi connectivity index (χ0n) is 17.8. The number of unbranched alkanes of at least 4 members (excludes halogenated alkanes) is 1. The van der Waals surface area contributed by atoms with Crippen LogP contribution in [-0.4, -0.2) is 34.9 Å². The van der Waals surface area contributed by atoms with Crippen molar-refractivity contribution in [3.8, 4) is 6.01 Å². The minimum absolute atomic E-state index is 0.0156. The lowest BCUT2D eigenvalue weighted by Crippen LogP contribution is -2.31. The van der Waals surface area contributed by atoms with Gasteiger partial charge in [-0.1, -0.05) is 13.3 Å². The summed E-state index contributed by atoms with van der Waals surface area (Å²) in [7, 11) is 1.56. The molecule has 0 spiro atoms. The monoisotopic (exact) mass is 402 g/mol. The third-order valence-corrected chi connectivity index (χ3v) is 6.55. The summed E-state index contributed by atoms with van der Waals surface area (Å²) in [5.74, 6) is 0.881. The van der Waals surface area contributed by atoms with Crippen LogP contribution in [0.3, 0.4) is 0 Å². The van der Waals surface area contributed by atoms with Crippen LogP contribution in [0.1, 0.15) is 89.0 Å². The van der Waals surface area contributed by atoms with Crippen LogP contribution in [0.4, 0.5) is 0 Å². The molecule has 6 heteroatoms. The number of hydrogen-bond acceptors (Lipinski definition) is 6. The average Bonchev–Trinajstić information content (AvgIpc) is 2.78. The molecule has 1 aromatic rings. The highest BCUT2D eigenvalue weighted by Gasteiger charge is 2.32. The minimum Gasteiger partial charge on any atom is -0.467 e. The summed E-state index contributed by atoms with van der Waals surface area (Å²) in [6.45, 7) is 2.11. The molecule has 2 fully saturated rings. The SMILES string of the molecule is CCCCC(=O)C1CCC(C(=O)OC2CCC(c3cnc(OC)nc3)CC2)CC1. The molecule has 2 saturated carbocycles. The first kappa shape index (κ1) is 21.7. The Morgan fingerprint density at radius 1 is 0.966 bits per heavy atom. The number of carbonyl (C=O) groups excluding carboxylic acids is 2. The second-order valence-corrected chi connectivity index (χ2v) is 8.53. The van der Waals surface area contributed by atoms with E-state index < -0.39 is 0 Å². The number of hydrogen-bond donors (Lipinski definition) is 0. The smallest absolute Gasteiger partial charge is 0.316 e. The molecule has 160 valence electrons. The van der Waals surface area contributed by atoms with Crippen molar-refractivity contribution in [2.45, 2.75) is 89.6 Å². The van der Waals surface area contributed by atoms with E-state index in [0.717, 1.165) is 69.8 Å². The Morgan fingerprint density at radius 2 is 1.59 bits per heavy atom. The van der Waals surface area contributed by atoms with E-state index in [1.165, 1.54) is 0 Å². The lowest BCUT2D eigenvalue weighted by atomic mass is 9.79. The summed E-state index contributed by atoms with van der Waals surface area (Å²) < 4.78 is 10.9. The van der Waals surface area contributed by atoms with Crippen LogP contribution >= 0.6 is 0 Å². The van der Waals surface area contributed by atoms with Gasteiger partial charge in [0.2, 0.25) is 0 Å². The fourth-order valence-corrected chi connectivity index (χ4v) is 4.62. The van der Waals surface area contributed by atoms with E-state index in [0.29, 0.717) is 24.1 Å². The van der Waals surface area contributed by atoms with Gasteiger partial charge in [-0.15, -0.1) is 0 Å². The Hall–Kier alpha value is -1.98. The predicted octanol–water partition coefficient (Wildman–Crippen LogP) is 4.62. The molecule has 1 heterocycles. The second-order valence-electron chi connectivity index (χ2n) is 8.53. The van der Waals surface area contributed by atoms with E-state index in [9.17, 15) is 9.59 Å². The molecule has 2 aliphatic carbocycles. The van der Waals surface area contributed by atoms with Gasteiger partial charge in [0.1, 0.15) is 11.9 Å². The van der Waals surface area contributed by atoms with E-state index in [2.05, 4.69) is 16.9 Å². The molecule has 1 aromatic heterocycles. The van der Waals surface area contributed by atoms with Gasteiger partial charge < -0.3 is 9.47 Å². The van der Waals surface area contributed by atoms with Gasteiger partial charge in [0.25, 0.3) is 0 Å². The maximum Gasteiger partial charge on any atom is 0.316 e. The molecule has 0 radical (unpaired) electrons. The molecule has 0 unspecified atom stereocenters. The number of aromatic nitrogens is 2. The second kappa shape index (κ2) is 10.7. The third kappa shape index (κ3) is 6.00. The molecule has 6 nitrogen and oxygen atoms in total. The van der Waals surface area contributed by atoms with Crippen LogP contribution in [0, 0.1) is 11.8 Å². The number of methoxy groups -OCH3 is 1. The van der Waals surface area contributed by atoms with Gasteiger partial charge in [0.15, 0.2) is 0 Å². The topological polar surface area (TPSA) is 78.4 Å². The number of carbonyl (C=O) groups is 2. The molecule has 0 amide bonds. The van der Waals surface area contributed by atoms with Gasteiger partial charge in [-0.25, -0.2) is 9.97 Å². The van der Waals surface area contributed by atoms with Crippen molar-refractivity contribution >= 4 is 11.8 Å². The molecule has 0 atom stereocenters. The van der Waals surface area contributed by atoms with Crippen LogP contribution in [0.5, 0.6) is 6.01 Å². The quantitative estimate of drug-likeness (QED) is 0.590. The number of Topliss-reactive ketones (excluding diaryl/α,β-unsaturated/α-hetero) is 1. The number of ketones is 1. The van der Waals surface area contributed by atoms with Crippen molar-refractivity contribution in [1.82, 2.24) is 9.97 Å². The molecule has 0 saturated heterocycles. The standard InChI is InChI=1S/C23H34N2O4/c1-3-4-5-21(26)17-6-8-18(9-7-17)22(27)29-20-12-10-16(11-13-20)19-14-24-23(28-2)25-15-19/h14-18,20H,3-13H2,1-2H3. The first-order chi connectivity index (χ1) is 14.1.